The number of carboxylic acids is 1. The average Bonchev–Trinajstić information content (AvgIpc) is 2.92. The Morgan fingerprint density at radius 2 is 1.95 bits per heavy atom. The molecule has 208 valence electrons. The van der Waals surface area contributed by atoms with Gasteiger partial charge in [0.15, 0.2) is 5.82 Å². The Bertz CT molecular complexity index is 1230. The molecule has 1 aliphatic heterocycles. The zero-order valence-electron chi connectivity index (χ0n) is 22.1. The second-order valence-corrected chi connectivity index (χ2v) is 9.77. The number of fused-ring (bicyclic) bond motifs is 1. The molecule has 0 saturated heterocycles. The molecule has 11 heteroatoms. The van der Waals surface area contributed by atoms with E-state index >= 15 is 0 Å². The topological polar surface area (TPSA) is 116 Å². The first-order chi connectivity index (χ1) is 18.9. The van der Waals surface area contributed by atoms with Gasteiger partial charge in [0.05, 0.1) is 6.54 Å². The molecular weight excluding hydrogens is 504 g/mol. The monoisotopic (exact) mass is 539 g/mol. The van der Waals surface area contributed by atoms with Gasteiger partial charge in [-0.15, -0.1) is 0 Å². The van der Waals surface area contributed by atoms with E-state index in [2.05, 4.69) is 31.7 Å². The molecule has 0 amide bonds. The SMILES string of the molecule is Cc1cc(N[C@@H](CCN(CCCCc2ccc3c(n2)NCCC3)CC(F)F)C(=O)O)nc(-c2ccncc2)n1. The second-order valence-electron chi connectivity index (χ2n) is 9.77. The lowest BCUT2D eigenvalue weighted by Gasteiger charge is -2.24. The number of nitrogens with one attached hydrogen (secondary N) is 2. The number of nitrogens with zero attached hydrogens (tertiary/aromatic N) is 5. The number of carbonyl (C=O) groups is 1. The second kappa shape index (κ2) is 13.9. The summed E-state index contributed by atoms with van der Waals surface area (Å²) in [6.45, 7) is 3.01. The number of hydrogen-bond acceptors (Lipinski definition) is 8. The maximum Gasteiger partial charge on any atom is 0.326 e. The predicted octanol–water partition coefficient (Wildman–Crippen LogP) is 4.45. The first-order valence-corrected chi connectivity index (χ1v) is 13.4. The molecule has 39 heavy (non-hydrogen) atoms. The summed E-state index contributed by atoms with van der Waals surface area (Å²) in [4.78, 5) is 31.2. The van der Waals surface area contributed by atoms with Crippen molar-refractivity contribution in [2.24, 2.45) is 0 Å². The lowest BCUT2D eigenvalue weighted by molar-refractivity contribution is -0.138. The van der Waals surface area contributed by atoms with Crippen molar-refractivity contribution in [2.45, 2.75) is 57.9 Å². The van der Waals surface area contributed by atoms with Crippen LogP contribution in [0.4, 0.5) is 20.4 Å². The third-order valence-electron chi connectivity index (χ3n) is 6.65. The van der Waals surface area contributed by atoms with Crippen molar-refractivity contribution in [2.75, 3.05) is 36.8 Å². The van der Waals surface area contributed by atoms with Crippen molar-refractivity contribution >= 4 is 17.6 Å². The number of aromatic nitrogens is 4. The fourth-order valence-electron chi connectivity index (χ4n) is 4.66. The molecule has 0 aromatic carbocycles. The van der Waals surface area contributed by atoms with Crippen LogP contribution >= 0.6 is 0 Å². The van der Waals surface area contributed by atoms with Gasteiger partial charge in [-0.05, 0) is 75.8 Å². The minimum atomic E-state index is -2.50. The number of alkyl halides is 2. The van der Waals surface area contributed by atoms with Crippen LogP contribution in [-0.2, 0) is 17.6 Å². The molecule has 0 saturated carbocycles. The number of rotatable bonds is 14. The van der Waals surface area contributed by atoms with Crippen molar-refractivity contribution in [1.82, 2.24) is 24.8 Å². The van der Waals surface area contributed by atoms with Gasteiger partial charge in [-0.1, -0.05) is 6.07 Å². The molecule has 9 nitrogen and oxygen atoms in total. The summed E-state index contributed by atoms with van der Waals surface area (Å²) >= 11 is 0. The summed E-state index contributed by atoms with van der Waals surface area (Å²) in [5, 5.41) is 16.1. The molecule has 3 aromatic heterocycles. The molecule has 0 unspecified atom stereocenters. The van der Waals surface area contributed by atoms with Gasteiger partial charge in [-0.25, -0.2) is 28.5 Å². The number of hydrogen-bond donors (Lipinski definition) is 3. The number of carboxylic acid groups (broad SMARTS) is 1. The Hall–Kier alpha value is -3.73. The fraction of sp³-hybridized carbons (Fsp3) is 0.464. The lowest BCUT2D eigenvalue weighted by atomic mass is 10.1. The van der Waals surface area contributed by atoms with Gasteiger partial charge in [0.2, 0.25) is 0 Å². The van der Waals surface area contributed by atoms with Crippen LogP contribution in [0.2, 0.25) is 0 Å². The summed E-state index contributed by atoms with van der Waals surface area (Å²) < 4.78 is 26.6. The molecule has 3 aromatic rings. The molecular formula is C28H35F2N7O2. The standard InChI is InChI=1S/C28H35F2N7O2/c1-19-17-25(36-27(33-19)21-9-13-31-14-10-21)35-23(28(38)39)11-16-37(18-24(29)30)15-3-2-6-22-8-7-20-5-4-12-32-26(20)34-22/h7-10,13-14,17,23-24H,2-6,11-12,15-16,18H2,1H3,(H,32,34)(H,38,39)(H,33,35,36)/t23-/m0/s1. The largest absolute Gasteiger partial charge is 0.480 e. The van der Waals surface area contributed by atoms with Crippen LogP contribution in [-0.4, -0.2) is 74.6 Å². The number of halogens is 2. The Balaban J connectivity index is 1.31. The van der Waals surface area contributed by atoms with E-state index < -0.39 is 25.0 Å². The van der Waals surface area contributed by atoms with E-state index in [0.717, 1.165) is 49.3 Å². The summed E-state index contributed by atoms with van der Waals surface area (Å²) in [7, 11) is 0. The highest BCUT2D eigenvalue weighted by Crippen LogP contribution is 2.21. The van der Waals surface area contributed by atoms with Crippen LogP contribution in [0.15, 0.2) is 42.7 Å². The molecule has 0 spiro atoms. The molecule has 1 atom stereocenters. The summed E-state index contributed by atoms with van der Waals surface area (Å²) in [6.07, 6.45) is 5.34. The number of unbranched alkanes of at least 4 members (excludes halogenated alkanes) is 1. The molecule has 0 aliphatic carbocycles. The van der Waals surface area contributed by atoms with Crippen molar-refractivity contribution in [3.63, 3.8) is 0 Å². The number of aliphatic carboxylic acids is 1. The van der Waals surface area contributed by atoms with Crippen molar-refractivity contribution in [1.29, 1.82) is 0 Å². The Kier molecular flexibility index (Phi) is 10.1. The molecule has 0 bridgehead atoms. The third kappa shape index (κ3) is 8.64. The number of aryl methyl sites for hydroxylation is 3. The van der Waals surface area contributed by atoms with Crippen LogP contribution in [0.25, 0.3) is 11.4 Å². The van der Waals surface area contributed by atoms with Crippen molar-refractivity contribution in [3.8, 4) is 11.4 Å². The summed E-state index contributed by atoms with van der Waals surface area (Å²) in [5.41, 5.74) is 3.66. The zero-order chi connectivity index (χ0) is 27.6. The fourth-order valence-corrected chi connectivity index (χ4v) is 4.66. The van der Waals surface area contributed by atoms with Crippen LogP contribution < -0.4 is 10.6 Å². The highest BCUT2D eigenvalue weighted by atomic mass is 19.3. The van der Waals surface area contributed by atoms with E-state index in [1.165, 1.54) is 5.56 Å². The van der Waals surface area contributed by atoms with Gasteiger partial charge >= 0.3 is 5.97 Å². The smallest absolute Gasteiger partial charge is 0.326 e. The Morgan fingerprint density at radius 3 is 2.72 bits per heavy atom. The number of pyridine rings is 2. The number of anilines is 2. The maximum absolute atomic E-state index is 13.3. The van der Waals surface area contributed by atoms with Gasteiger partial charge in [0, 0.05) is 48.5 Å². The van der Waals surface area contributed by atoms with Crippen LogP contribution in [0, 0.1) is 6.92 Å². The van der Waals surface area contributed by atoms with Crippen LogP contribution in [0.1, 0.15) is 42.6 Å². The molecule has 0 radical (unpaired) electrons. The van der Waals surface area contributed by atoms with Gasteiger partial charge in [-0.3, -0.25) is 9.88 Å². The quantitative estimate of drug-likeness (QED) is 0.256. The van der Waals surface area contributed by atoms with Gasteiger partial charge < -0.3 is 15.7 Å². The first kappa shape index (κ1) is 28.3. The van der Waals surface area contributed by atoms with Crippen molar-refractivity contribution in [3.05, 3.63) is 59.7 Å². The minimum absolute atomic E-state index is 0.147. The maximum atomic E-state index is 13.3. The van der Waals surface area contributed by atoms with E-state index in [1.807, 2.05) is 6.07 Å². The normalized spacial score (nSPS) is 13.7. The van der Waals surface area contributed by atoms with Gasteiger partial charge in [-0.2, -0.15) is 0 Å². The van der Waals surface area contributed by atoms with Gasteiger partial charge in [0.25, 0.3) is 6.43 Å². The lowest BCUT2D eigenvalue weighted by Crippen LogP contribution is -2.37. The Labute approximate surface area is 227 Å². The molecule has 4 rings (SSSR count). The van der Waals surface area contributed by atoms with Crippen LogP contribution in [0.3, 0.4) is 0 Å². The summed E-state index contributed by atoms with van der Waals surface area (Å²) in [6, 6.07) is 8.38. The van der Waals surface area contributed by atoms with E-state index in [-0.39, 0.29) is 13.0 Å². The zero-order valence-corrected chi connectivity index (χ0v) is 22.1. The molecule has 4 heterocycles. The molecule has 1 aliphatic rings. The van der Waals surface area contributed by atoms with Gasteiger partial charge in [0.1, 0.15) is 17.7 Å². The first-order valence-electron chi connectivity index (χ1n) is 13.4. The minimum Gasteiger partial charge on any atom is -0.480 e. The van der Waals surface area contributed by atoms with E-state index in [1.54, 1.807) is 42.4 Å². The van der Waals surface area contributed by atoms with E-state index in [9.17, 15) is 18.7 Å². The van der Waals surface area contributed by atoms with E-state index in [4.69, 9.17) is 4.98 Å². The van der Waals surface area contributed by atoms with Crippen LogP contribution in [0.5, 0.6) is 0 Å². The molecule has 3 N–H and O–H groups in total. The molecule has 0 fully saturated rings. The third-order valence-corrected chi connectivity index (χ3v) is 6.65. The highest BCUT2D eigenvalue weighted by Gasteiger charge is 2.21. The predicted molar refractivity (Wildman–Crippen MR) is 146 cm³/mol. The average molecular weight is 540 g/mol. The summed E-state index contributed by atoms with van der Waals surface area (Å²) in [5.74, 6) is 0.708. The van der Waals surface area contributed by atoms with Crippen molar-refractivity contribution < 1.29 is 18.7 Å². The Morgan fingerprint density at radius 1 is 1.13 bits per heavy atom. The van der Waals surface area contributed by atoms with E-state index in [0.29, 0.717) is 30.3 Å². The highest BCUT2D eigenvalue weighted by molar-refractivity contribution is 5.77.